The molecular weight excluding hydrogens is 260 g/mol. The zero-order valence-corrected chi connectivity index (χ0v) is 11.6. The van der Waals surface area contributed by atoms with Crippen LogP contribution in [0.5, 0.6) is 11.5 Å². The van der Waals surface area contributed by atoms with Crippen LogP contribution in [0.25, 0.3) is 0 Å². The molecule has 0 amide bonds. The van der Waals surface area contributed by atoms with Gasteiger partial charge in [-0.2, -0.15) is 0 Å². The second kappa shape index (κ2) is 7.09. The third kappa shape index (κ3) is 3.60. The summed E-state index contributed by atoms with van der Waals surface area (Å²) in [5, 5.41) is 14.5. The average molecular weight is 280 g/mol. The lowest BCUT2D eigenvalue weighted by Gasteiger charge is -2.23. The van der Waals surface area contributed by atoms with Gasteiger partial charge in [0.25, 0.3) is 0 Å². The number of nitro benzene ring substituents is 1. The Balaban J connectivity index is 1.96. The number of para-hydroxylation sites is 1. The molecule has 1 unspecified atom stereocenters. The molecule has 1 N–H and O–H groups in total. The fourth-order valence-electron chi connectivity index (χ4n) is 2.44. The Hall–Kier alpha value is -1.82. The van der Waals surface area contributed by atoms with E-state index in [0.717, 1.165) is 19.4 Å². The van der Waals surface area contributed by atoms with E-state index in [4.69, 9.17) is 9.47 Å². The fourth-order valence-corrected chi connectivity index (χ4v) is 2.44. The molecule has 1 saturated heterocycles. The largest absolute Gasteiger partial charge is 0.490 e. The van der Waals surface area contributed by atoms with E-state index < -0.39 is 4.92 Å². The first-order valence-corrected chi connectivity index (χ1v) is 6.90. The van der Waals surface area contributed by atoms with Crippen LogP contribution in [0.4, 0.5) is 5.69 Å². The summed E-state index contributed by atoms with van der Waals surface area (Å²) < 4.78 is 10.6. The molecule has 0 spiro atoms. The van der Waals surface area contributed by atoms with Crippen molar-refractivity contribution >= 4 is 5.69 Å². The maximum atomic E-state index is 11.1. The lowest BCUT2D eigenvalue weighted by molar-refractivity contribution is -0.386. The van der Waals surface area contributed by atoms with E-state index in [2.05, 4.69) is 5.32 Å². The van der Waals surface area contributed by atoms with Gasteiger partial charge in [-0.1, -0.05) is 12.5 Å². The lowest BCUT2D eigenvalue weighted by Crippen LogP contribution is -2.35. The highest BCUT2D eigenvalue weighted by molar-refractivity contribution is 5.57. The number of rotatable bonds is 6. The van der Waals surface area contributed by atoms with Crippen LogP contribution in [-0.4, -0.2) is 31.2 Å². The van der Waals surface area contributed by atoms with Gasteiger partial charge in [0.05, 0.1) is 18.6 Å². The monoisotopic (exact) mass is 280 g/mol. The summed E-state index contributed by atoms with van der Waals surface area (Å²) in [6.07, 6.45) is 4.45. The summed E-state index contributed by atoms with van der Waals surface area (Å²) in [6.45, 7) is 1.51. The summed E-state index contributed by atoms with van der Waals surface area (Å²) in [5.74, 6) is 0.494. The first kappa shape index (κ1) is 14.6. The second-order valence-electron chi connectivity index (χ2n) is 4.85. The van der Waals surface area contributed by atoms with E-state index in [1.54, 1.807) is 18.2 Å². The fraction of sp³-hybridized carbons (Fsp3) is 0.571. The number of hydrogen-bond acceptors (Lipinski definition) is 5. The Morgan fingerprint density at radius 1 is 1.40 bits per heavy atom. The van der Waals surface area contributed by atoms with Crippen LogP contribution in [0.3, 0.4) is 0 Å². The standard InChI is InChI=1S/C14H20N2O4/c1-19-12-6-4-7-13(14(12)16(17)18)20-10-8-11-5-2-3-9-15-11/h4,6-7,11,15H,2-3,5,8-10H2,1H3. The van der Waals surface area contributed by atoms with Gasteiger partial charge < -0.3 is 14.8 Å². The SMILES string of the molecule is COc1cccc(OCCC2CCCCN2)c1[N+](=O)[O-]. The molecule has 1 fully saturated rings. The number of nitrogens with zero attached hydrogens (tertiary/aromatic N) is 1. The molecule has 0 bridgehead atoms. The molecule has 1 heterocycles. The molecule has 1 aromatic carbocycles. The molecule has 0 radical (unpaired) electrons. The Morgan fingerprint density at radius 3 is 2.85 bits per heavy atom. The van der Waals surface area contributed by atoms with Gasteiger partial charge in [0.15, 0.2) is 0 Å². The van der Waals surface area contributed by atoms with Crippen molar-refractivity contribution in [1.82, 2.24) is 5.32 Å². The molecule has 1 atom stereocenters. The van der Waals surface area contributed by atoms with Gasteiger partial charge in [-0.15, -0.1) is 0 Å². The van der Waals surface area contributed by atoms with Crippen molar-refractivity contribution < 1.29 is 14.4 Å². The number of piperidine rings is 1. The van der Waals surface area contributed by atoms with Crippen LogP contribution < -0.4 is 14.8 Å². The summed E-state index contributed by atoms with van der Waals surface area (Å²) in [6, 6.07) is 5.32. The third-order valence-corrected chi connectivity index (χ3v) is 3.50. The minimum absolute atomic E-state index is 0.105. The van der Waals surface area contributed by atoms with Crippen molar-refractivity contribution in [1.29, 1.82) is 0 Å². The molecule has 1 aromatic rings. The predicted octanol–water partition coefficient (Wildman–Crippen LogP) is 2.51. The van der Waals surface area contributed by atoms with Gasteiger partial charge in [0.1, 0.15) is 0 Å². The summed E-state index contributed by atoms with van der Waals surface area (Å²) in [4.78, 5) is 10.6. The first-order chi connectivity index (χ1) is 9.72. The van der Waals surface area contributed by atoms with Crippen LogP contribution in [0, 0.1) is 10.1 Å². The van der Waals surface area contributed by atoms with Gasteiger partial charge in [0, 0.05) is 6.04 Å². The van der Waals surface area contributed by atoms with E-state index in [9.17, 15) is 10.1 Å². The maximum absolute atomic E-state index is 11.1. The number of benzene rings is 1. The zero-order valence-electron chi connectivity index (χ0n) is 11.6. The molecule has 6 nitrogen and oxygen atoms in total. The average Bonchev–Trinajstić information content (AvgIpc) is 2.47. The van der Waals surface area contributed by atoms with Crippen LogP contribution in [0.2, 0.25) is 0 Å². The van der Waals surface area contributed by atoms with Gasteiger partial charge in [-0.3, -0.25) is 10.1 Å². The van der Waals surface area contributed by atoms with Crippen LogP contribution >= 0.6 is 0 Å². The Labute approximate surface area is 118 Å². The van der Waals surface area contributed by atoms with Crippen molar-refractivity contribution in [3.05, 3.63) is 28.3 Å². The molecule has 2 rings (SSSR count). The topological polar surface area (TPSA) is 73.6 Å². The summed E-state index contributed by atoms with van der Waals surface area (Å²) in [7, 11) is 1.41. The molecule has 1 aliphatic rings. The van der Waals surface area contributed by atoms with E-state index in [1.165, 1.54) is 20.0 Å². The predicted molar refractivity (Wildman–Crippen MR) is 75.4 cm³/mol. The summed E-state index contributed by atoms with van der Waals surface area (Å²) >= 11 is 0. The van der Waals surface area contributed by atoms with Gasteiger partial charge >= 0.3 is 5.69 Å². The number of hydrogen-bond donors (Lipinski definition) is 1. The number of methoxy groups -OCH3 is 1. The minimum atomic E-state index is -0.465. The van der Waals surface area contributed by atoms with Crippen LogP contribution in [0.1, 0.15) is 25.7 Å². The van der Waals surface area contributed by atoms with E-state index >= 15 is 0 Å². The number of ether oxygens (including phenoxy) is 2. The van der Waals surface area contributed by atoms with Crippen LogP contribution in [-0.2, 0) is 0 Å². The second-order valence-corrected chi connectivity index (χ2v) is 4.85. The molecule has 110 valence electrons. The number of nitrogens with one attached hydrogen (secondary N) is 1. The van der Waals surface area contributed by atoms with Gasteiger partial charge in [-0.25, -0.2) is 0 Å². The highest BCUT2D eigenvalue weighted by Crippen LogP contribution is 2.36. The molecule has 1 aliphatic heterocycles. The van der Waals surface area contributed by atoms with E-state index in [1.807, 2.05) is 0 Å². The Kier molecular flexibility index (Phi) is 5.17. The van der Waals surface area contributed by atoms with Crippen molar-refractivity contribution in [2.24, 2.45) is 0 Å². The highest BCUT2D eigenvalue weighted by Gasteiger charge is 2.22. The van der Waals surface area contributed by atoms with E-state index in [-0.39, 0.29) is 17.2 Å². The summed E-state index contributed by atoms with van der Waals surface area (Å²) in [5.41, 5.74) is -0.105. The smallest absolute Gasteiger partial charge is 0.352 e. The quantitative estimate of drug-likeness (QED) is 0.640. The van der Waals surface area contributed by atoms with Gasteiger partial charge in [0.2, 0.25) is 11.5 Å². The first-order valence-electron chi connectivity index (χ1n) is 6.90. The Morgan fingerprint density at radius 2 is 2.20 bits per heavy atom. The van der Waals surface area contributed by atoms with Crippen molar-refractivity contribution in [3.8, 4) is 11.5 Å². The molecule has 6 heteroatoms. The van der Waals surface area contributed by atoms with Crippen molar-refractivity contribution in [2.75, 3.05) is 20.3 Å². The van der Waals surface area contributed by atoms with Gasteiger partial charge in [-0.05, 0) is 37.9 Å². The van der Waals surface area contributed by atoms with E-state index in [0.29, 0.717) is 12.6 Å². The minimum Gasteiger partial charge on any atom is -0.490 e. The maximum Gasteiger partial charge on any atom is 0.352 e. The zero-order chi connectivity index (χ0) is 14.4. The molecule has 0 aromatic heterocycles. The van der Waals surface area contributed by atoms with Crippen molar-refractivity contribution in [2.45, 2.75) is 31.7 Å². The van der Waals surface area contributed by atoms with Crippen LogP contribution in [0.15, 0.2) is 18.2 Å². The lowest BCUT2D eigenvalue weighted by atomic mass is 10.0. The molecule has 20 heavy (non-hydrogen) atoms. The molecule has 0 saturated carbocycles. The molecule has 0 aliphatic carbocycles. The van der Waals surface area contributed by atoms with Crippen molar-refractivity contribution in [3.63, 3.8) is 0 Å². The third-order valence-electron chi connectivity index (χ3n) is 3.50. The Bertz CT molecular complexity index is 458. The highest BCUT2D eigenvalue weighted by atomic mass is 16.6. The molecular formula is C14H20N2O4. The number of nitro groups is 1. The normalized spacial score (nSPS) is 18.6.